The van der Waals surface area contributed by atoms with Gasteiger partial charge in [0, 0.05) is 23.4 Å². The van der Waals surface area contributed by atoms with Gasteiger partial charge in [-0.15, -0.1) is 15.8 Å². The van der Waals surface area contributed by atoms with E-state index in [9.17, 15) is 0 Å². The third kappa shape index (κ3) is 6.28. The lowest BCUT2D eigenvalue weighted by atomic mass is 9.79. The summed E-state index contributed by atoms with van der Waals surface area (Å²) in [6.07, 6.45) is 11.4. The van der Waals surface area contributed by atoms with Crippen LogP contribution in [0.15, 0.2) is 66.7 Å². The van der Waals surface area contributed by atoms with Crippen molar-refractivity contribution >= 4 is 9.24 Å². The minimum atomic E-state index is 0.731. The molecular formula is C31H41N2P. The van der Waals surface area contributed by atoms with Crippen LogP contribution in [0, 0.1) is 18.8 Å². The van der Waals surface area contributed by atoms with E-state index in [4.69, 9.17) is 5.10 Å². The zero-order chi connectivity index (χ0) is 23.9. The number of allylic oxidation sites excluding steroid dienone is 1. The van der Waals surface area contributed by atoms with E-state index >= 15 is 0 Å². The molecule has 1 aliphatic rings. The van der Waals surface area contributed by atoms with Gasteiger partial charge in [-0.05, 0) is 69.5 Å². The van der Waals surface area contributed by atoms with Crippen molar-refractivity contribution in [1.29, 1.82) is 0 Å². The van der Waals surface area contributed by atoms with E-state index < -0.39 is 0 Å². The fraction of sp³-hybridized carbons (Fsp3) is 0.452. The van der Waals surface area contributed by atoms with Crippen molar-refractivity contribution in [3.8, 4) is 22.4 Å². The highest BCUT2D eigenvalue weighted by Crippen LogP contribution is 2.38. The predicted molar refractivity (Wildman–Crippen MR) is 150 cm³/mol. The SMILES string of the molecule is C=C(C)CCCC1CCC(Cn2nc(-c3ccccc3)c(-c3cccc(C)c3)c2CCP)CC1. The molecule has 1 aromatic heterocycles. The molecule has 0 radical (unpaired) electrons. The summed E-state index contributed by atoms with van der Waals surface area (Å²) >= 11 is 0. The molecule has 1 atom stereocenters. The van der Waals surface area contributed by atoms with Crippen molar-refractivity contribution in [3.63, 3.8) is 0 Å². The number of aryl methyl sites for hydroxylation is 1. The summed E-state index contributed by atoms with van der Waals surface area (Å²) in [5.74, 6) is 1.64. The normalized spacial score (nSPS) is 18.2. The Bertz CT molecular complexity index is 1070. The van der Waals surface area contributed by atoms with Crippen molar-refractivity contribution in [1.82, 2.24) is 9.78 Å². The maximum Gasteiger partial charge on any atom is 0.100 e. The van der Waals surface area contributed by atoms with Gasteiger partial charge in [-0.2, -0.15) is 5.10 Å². The molecule has 0 amide bonds. The Balaban J connectivity index is 1.59. The Labute approximate surface area is 209 Å². The Morgan fingerprint density at radius 1 is 1.00 bits per heavy atom. The van der Waals surface area contributed by atoms with Crippen LogP contribution in [0.5, 0.6) is 0 Å². The molecule has 0 spiro atoms. The topological polar surface area (TPSA) is 17.8 Å². The summed E-state index contributed by atoms with van der Waals surface area (Å²) in [6, 6.07) is 19.7. The van der Waals surface area contributed by atoms with Crippen molar-refractivity contribution in [2.45, 2.75) is 71.8 Å². The first-order valence-corrected chi connectivity index (χ1v) is 13.9. The minimum Gasteiger partial charge on any atom is -0.268 e. The van der Waals surface area contributed by atoms with Crippen LogP contribution in [0.3, 0.4) is 0 Å². The molecule has 0 bridgehead atoms. The van der Waals surface area contributed by atoms with Gasteiger partial charge < -0.3 is 0 Å². The highest BCUT2D eigenvalue weighted by molar-refractivity contribution is 7.16. The molecule has 1 unspecified atom stereocenters. The monoisotopic (exact) mass is 472 g/mol. The number of hydrogen-bond acceptors (Lipinski definition) is 1. The molecule has 0 saturated heterocycles. The number of benzene rings is 2. The number of hydrogen-bond donors (Lipinski definition) is 0. The molecule has 2 aromatic carbocycles. The minimum absolute atomic E-state index is 0.731. The Morgan fingerprint density at radius 2 is 1.71 bits per heavy atom. The van der Waals surface area contributed by atoms with Crippen molar-refractivity contribution in [2.75, 3.05) is 6.16 Å². The quantitative estimate of drug-likeness (QED) is 0.214. The second-order valence-electron chi connectivity index (χ2n) is 10.4. The van der Waals surface area contributed by atoms with Crippen molar-refractivity contribution in [3.05, 3.63) is 78.0 Å². The molecule has 3 aromatic rings. The smallest absolute Gasteiger partial charge is 0.100 e. The Morgan fingerprint density at radius 3 is 2.38 bits per heavy atom. The summed E-state index contributed by atoms with van der Waals surface area (Å²) in [4.78, 5) is 0. The molecule has 0 aliphatic heterocycles. The van der Waals surface area contributed by atoms with Crippen LogP contribution in [0.4, 0.5) is 0 Å². The second-order valence-corrected chi connectivity index (χ2v) is 10.9. The van der Waals surface area contributed by atoms with E-state index in [1.165, 1.54) is 78.5 Å². The number of aromatic nitrogens is 2. The fourth-order valence-corrected chi connectivity index (χ4v) is 5.85. The van der Waals surface area contributed by atoms with Crippen LogP contribution in [-0.2, 0) is 13.0 Å². The van der Waals surface area contributed by atoms with Gasteiger partial charge in [-0.25, -0.2) is 0 Å². The average Bonchev–Trinajstić information content (AvgIpc) is 3.19. The first-order chi connectivity index (χ1) is 16.5. The molecule has 1 aliphatic carbocycles. The van der Waals surface area contributed by atoms with Crippen LogP contribution in [-0.4, -0.2) is 15.9 Å². The zero-order valence-corrected chi connectivity index (χ0v) is 22.3. The van der Waals surface area contributed by atoms with Crippen LogP contribution in [0.1, 0.15) is 63.1 Å². The molecule has 0 N–H and O–H groups in total. The Hall–Kier alpha value is -2.18. The van der Waals surface area contributed by atoms with Crippen LogP contribution in [0.25, 0.3) is 22.4 Å². The second kappa shape index (κ2) is 12.0. The van der Waals surface area contributed by atoms with Gasteiger partial charge in [-0.3, -0.25) is 4.68 Å². The summed E-state index contributed by atoms with van der Waals surface area (Å²) in [7, 11) is 2.93. The highest BCUT2D eigenvalue weighted by atomic mass is 31.0. The summed E-state index contributed by atoms with van der Waals surface area (Å²) < 4.78 is 2.37. The lowest BCUT2D eigenvalue weighted by Gasteiger charge is -2.29. The van der Waals surface area contributed by atoms with Crippen LogP contribution in [0.2, 0.25) is 0 Å². The lowest BCUT2D eigenvalue weighted by Crippen LogP contribution is -2.21. The largest absolute Gasteiger partial charge is 0.268 e. The predicted octanol–water partition coefficient (Wildman–Crippen LogP) is 8.50. The average molecular weight is 473 g/mol. The van der Waals surface area contributed by atoms with Gasteiger partial charge in [0.1, 0.15) is 5.69 Å². The molecule has 180 valence electrons. The number of rotatable bonds is 10. The fourth-order valence-electron chi connectivity index (χ4n) is 5.58. The molecule has 34 heavy (non-hydrogen) atoms. The van der Waals surface area contributed by atoms with Gasteiger partial charge >= 0.3 is 0 Å². The van der Waals surface area contributed by atoms with Gasteiger partial charge in [0.05, 0.1) is 0 Å². The zero-order valence-electron chi connectivity index (χ0n) is 21.1. The molecule has 1 heterocycles. The maximum absolute atomic E-state index is 5.28. The van der Waals surface area contributed by atoms with E-state index in [0.29, 0.717) is 0 Å². The third-order valence-corrected chi connectivity index (χ3v) is 7.69. The van der Waals surface area contributed by atoms with E-state index in [-0.39, 0.29) is 0 Å². The summed E-state index contributed by atoms with van der Waals surface area (Å²) in [6.45, 7) is 9.45. The highest BCUT2D eigenvalue weighted by Gasteiger charge is 2.25. The van der Waals surface area contributed by atoms with E-state index in [0.717, 1.165) is 36.7 Å². The van der Waals surface area contributed by atoms with Gasteiger partial charge in [0.25, 0.3) is 0 Å². The molecule has 1 saturated carbocycles. The summed E-state index contributed by atoms with van der Waals surface area (Å²) in [5, 5.41) is 5.28. The third-order valence-electron chi connectivity index (χ3n) is 7.41. The lowest BCUT2D eigenvalue weighted by molar-refractivity contribution is 0.233. The van der Waals surface area contributed by atoms with E-state index in [2.05, 4.69) is 88.9 Å². The van der Waals surface area contributed by atoms with Gasteiger partial charge in [0.2, 0.25) is 0 Å². The molecule has 3 heteroatoms. The molecule has 2 nitrogen and oxygen atoms in total. The first kappa shape index (κ1) is 24.9. The van der Waals surface area contributed by atoms with Crippen molar-refractivity contribution < 1.29 is 0 Å². The van der Waals surface area contributed by atoms with Crippen LogP contribution >= 0.6 is 9.24 Å². The van der Waals surface area contributed by atoms with Crippen molar-refractivity contribution in [2.24, 2.45) is 11.8 Å². The van der Waals surface area contributed by atoms with Crippen LogP contribution < -0.4 is 0 Å². The standard InChI is InChI=1S/C31H41N2P/c1-23(2)9-7-11-25-15-17-26(18-16-25)22-33-29(19-20-34)30(28-14-8-10-24(3)21-28)31(32-33)27-12-5-4-6-13-27/h4-6,8,10,12-14,21,25-26H,1,7,9,11,15-20,22,34H2,2-3H3. The molecular weight excluding hydrogens is 431 g/mol. The molecule has 1 fully saturated rings. The van der Waals surface area contributed by atoms with Gasteiger partial charge in [-0.1, -0.05) is 85.0 Å². The summed E-state index contributed by atoms with van der Waals surface area (Å²) in [5.41, 5.74) is 8.98. The van der Waals surface area contributed by atoms with E-state index in [1.807, 2.05) is 0 Å². The molecule has 4 rings (SSSR count). The van der Waals surface area contributed by atoms with Gasteiger partial charge in [0.15, 0.2) is 0 Å². The maximum atomic E-state index is 5.28. The van der Waals surface area contributed by atoms with E-state index in [1.54, 1.807) is 0 Å². The first-order valence-electron chi connectivity index (χ1n) is 13.1. The number of nitrogens with zero attached hydrogens (tertiary/aromatic N) is 2. The Kier molecular flexibility index (Phi) is 8.79.